The van der Waals surface area contributed by atoms with E-state index in [1.54, 1.807) is 5.57 Å². The molecule has 0 N–H and O–H groups in total. The minimum Gasteiger partial charge on any atom is -0.462 e. The lowest BCUT2D eigenvalue weighted by molar-refractivity contribution is -0.151. The van der Waals surface area contributed by atoms with Crippen LogP contribution in [0.4, 0.5) is 0 Å². The molecule has 0 radical (unpaired) electrons. The van der Waals surface area contributed by atoms with Crippen LogP contribution in [-0.2, 0) is 9.53 Å². The molecule has 3 saturated carbocycles. The van der Waals surface area contributed by atoms with Crippen LogP contribution >= 0.6 is 0 Å². The van der Waals surface area contributed by atoms with Crippen molar-refractivity contribution in [3.63, 3.8) is 0 Å². The lowest BCUT2D eigenvalue weighted by atomic mass is 9.47. The summed E-state index contributed by atoms with van der Waals surface area (Å²) in [6, 6.07) is 0.774. The van der Waals surface area contributed by atoms with Crippen LogP contribution in [0.1, 0.15) is 78.6 Å². The maximum absolute atomic E-state index is 11.8. The molecule has 0 unspecified atom stereocenters. The molecule has 1 aliphatic heterocycles. The summed E-state index contributed by atoms with van der Waals surface area (Å²) < 4.78 is 5.73. The molecule has 5 aliphatic rings. The van der Waals surface area contributed by atoms with Crippen LogP contribution in [0.5, 0.6) is 0 Å². The Bertz CT molecular complexity index is 686. The average Bonchev–Trinajstić information content (AvgIpc) is 3.16. The van der Waals surface area contributed by atoms with E-state index in [0.29, 0.717) is 17.3 Å². The third kappa shape index (κ3) is 2.53. The Morgan fingerprint density at radius 3 is 2.75 bits per heavy atom. The molecule has 3 nitrogen and oxygen atoms in total. The summed E-state index contributed by atoms with van der Waals surface area (Å²) in [5, 5.41) is 0. The summed E-state index contributed by atoms with van der Waals surface area (Å²) in [5.74, 6) is 3.59. The molecule has 0 aromatic rings. The van der Waals surface area contributed by atoms with Gasteiger partial charge in [-0.15, -0.1) is 0 Å². The second-order valence-corrected chi connectivity index (χ2v) is 11.1. The molecule has 0 aromatic carbocycles. The van der Waals surface area contributed by atoms with Gasteiger partial charge in [-0.25, -0.2) is 0 Å². The standard InChI is InChI=1S/C25H39NO2/c1-5-23(27)28-18-10-12-24(3)17(14-18)6-7-19-21(24)11-13-25-15-26(4)16(2)20(25)8-9-22(19)25/h6,16,18-22H,5,7-15H2,1-4H3/t16-,18-,19+,20+,21-,22-,24-,25-/m0/s1. The Morgan fingerprint density at radius 2 is 1.96 bits per heavy atom. The first kappa shape index (κ1) is 19.2. The van der Waals surface area contributed by atoms with Crippen LogP contribution in [0.25, 0.3) is 0 Å². The number of rotatable bonds is 2. The molecule has 28 heavy (non-hydrogen) atoms. The smallest absolute Gasteiger partial charge is 0.305 e. The van der Waals surface area contributed by atoms with Crippen LogP contribution < -0.4 is 0 Å². The van der Waals surface area contributed by atoms with Crippen molar-refractivity contribution in [2.45, 2.75) is 90.7 Å². The van der Waals surface area contributed by atoms with E-state index in [-0.39, 0.29) is 12.1 Å². The number of hydrogen-bond acceptors (Lipinski definition) is 3. The molecular weight excluding hydrogens is 346 g/mol. The highest BCUT2D eigenvalue weighted by molar-refractivity contribution is 5.69. The number of ether oxygens (including phenoxy) is 1. The van der Waals surface area contributed by atoms with Gasteiger partial charge in [0.1, 0.15) is 6.10 Å². The third-order valence-corrected chi connectivity index (χ3v) is 10.2. The van der Waals surface area contributed by atoms with Gasteiger partial charge in [-0.1, -0.05) is 25.5 Å². The van der Waals surface area contributed by atoms with E-state index >= 15 is 0 Å². The molecule has 5 rings (SSSR count). The van der Waals surface area contributed by atoms with E-state index in [0.717, 1.165) is 42.6 Å². The van der Waals surface area contributed by atoms with Gasteiger partial charge in [-0.05, 0) is 93.4 Å². The Morgan fingerprint density at radius 1 is 1.18 bits per heavy atom. The summed E-state index contributed by atoms with van der Waals surface area (Å²) in [7, 11) is 2.36. The zero-order valence-electron chi connectivity index (χ0n) is 18.4. The molecule has 4 fully saturated rings. The highest BCUT2D eigenvalue weighted by Gasteiger charge is 2.63. The maximum Gasteiger partial charge on any atom is 0.305 e. The fraction of sp³-hybridized carbons (Fsp3) is 0.880. The van der Waals surface area contributed by atoms with Crippen molar-refractivity contribution in [3.05, 3.63) is 11.6 Å². The predicted molar refractivity (Wildman–Crippen MR) is 112 cm³/mol. The van der Waals surface area contributed by atoms with Crippen molar-refractivity contribution in [3.8, 4) is 0 Å². The zero-order chi connectivity index (χ0) is 19.7. The van der Waals surface area contributed by atoms with Crippen molar-refractivity contribution in [1.82, 2.24) is 4.90 Å². The van der Waals surface area contributed by atoms with Gasteiger partial charge in [0.2, 0.25) is 0 Å². The molecule has 0 aromatic heterocycles. The maximum atomic E-state index is 11.8. The highest BCUT2D eigenvalue weighted by atomic mass is 16.5. The van der Waals surface area contributed by atoms with E-state index in [9.17, 15) is 4.79 Å². The quantitative estimate of drug-likeness (QED) is 0.483. The second-order valence-electron chi connectivity index (χ2n) is 11.1. The number of hydrogen-bond donors (Lipinski definition) is 0. The van der Waals surface area contributed by atoms with Gasteiger partial charge in [-0.2, -0.15) is 0 Å². The molecule has 0 bridgehead atoms. The molecule has 1 saturated heterocycles. The van der Waals surface area contributed by atoms with Crippen LogP contribution in [0.15, 0.2) is 11.6 Å². The molecule has 1 heterocycles. The van der Waals surface area contributed by atoms with Gasteiger partial charge in [0.25, 0.3) is 0 Å². The number of carbonyl (C=O) groups is 1. The number of carbonyl (C=O) groups excluding carboxylic acids is 1. The number of likely N-dealkylation sites (tertiary alicyclic amines) is 1. The summed E-state index contributed by atoms with van der Waals surface area (Å²) >= 11 is 0. The molecule has 1 spiro atoms. The van der Waals surface area contributed by atoms with E-state index in [1.165, 1.54) is 45.1 Å². The van der Waals surface area contributed by atoms with Gasteiger partial charge in [0.15, 0.2) is 0 Å². The topological polar surface area (TPSA) is 29.5 Å². The normalized spacial score (nSPS) is 50.2. The number of allylic oxidation sites excluding steroid dienone is 1. The zero-order valence-corrected chi connectivity index (χ0v) is 18.4. The van der Waals surface area contributed by atoms with Crippen molar-refractivity contribution in [2.24, 2.45) is 34.5 Å². The van der Waals surface area contributed by atoms with E-state index in [4.69, 9.17) is 4.74 Å². The third-order valence-electron chi connectivity index (χ3n) is 10.2. The lowest BCUT2D eigenvalue weighted by Gasteiger charge is -2.58. The van der Waals surface area contributed by atoms with E-state index in [1.807, 2.05) is 6.92 Å². The van der Waals surface area contributed by atoms with Crippen molar-refractivity contribution < 1.29 is 9.53 Å². The number of esters is 1. The Balaban J connectivity index is 1.39. The first-order valence-electron chi connectivity index (χ1n) is 12.0. The molecule has 4 aliphatic carbocycles. The van der Waals surface area contributed by atoms with Crippen LogP contribution in [0.2, 0.25) is 0 Å². The lowest BCUT2D eigenvalue weighted by Crippen LogP contribution is -2.51. The summed E-state index contributed by atoms with van der Waals surface area (Å²) in [5.41, 5.74) is 2.59. The fourth-order valence-electron chi connectivity index (χ4n) is 8.80. The monoisotopic (exact) mass is 385 g/mol. The van der Waals surface area contributed by atoms with Gasteiger partial charge < -0.3 is 9.64 Å². The molecular formula is C25H39NO2. The first-order chi connectivity index (χ1) is 13.4. The molecule has 156 valence electrons. The SMILES string of the molecule is CCC(=O)O[C@H]1CC[C@@]2(C)C(=CC[C@H]3[C@@H]4CC[C@@H]5[C@H](C)N(C)C[C@@]54CC[C@@H]32)C1. The van der Waals surface area contributed by atoms with E-state index < -0.39 is 0 Å². The summed E-state index contributed by atoms with van der Waals surface area (Å²) in [4.78, 5) is 14.4. The van der Waals surface area contributed by atoms with Gasteiger partial charge in [0, 0.05) is 25.4 Å². The molecule has 3 heteroatoms. The fourth-order valence-corrected chi connectivity index (χ4v) is 8.80. The average molecular weight is 386 g/mol. The Kier molecular flexibility index (Phi) is 4.51. The van der Waals surface area contributed by atoms with Crippen LogP contribution in [0.3, 0.4) is 0 Å². The van der Waals surface area contributed by atoms with E-state index in [2.05, 4.69) is 31.9 Å². The Hall–Kier alpha value is -0.830. The molecule has 0 amide bonds. The largest absolute Gasteiger partial charge is 0.462 e. The van der Waals surface area contributed by atoms with Gasteiger partial charge in [0.05, 0.1) is 0 Å². The molecule has 8 atom stereocenters. The van der Waals surface area contributed by atoms with Crippen molar-refractivity contribution in [1.29, 1.82) is 0 Å². The highest BCUT2D eigenvalue weighted by Crippen LogP contribution is 2.68. The summed E-state index contributed by atoms with van der Waals surface area (Å²) in [6.07, 6.45) is 13.6. The Labute approximate surface area is 171 Å². The van der Waals surface area contributed by atoms with Gasteiger partial charge >= 0.3 is 5.97 Å². The number of fused-ring (bicyclic) bond motifs is 4. The predicted octanol–water partition coefficient (Wildman–Crippen LogP) is 5.20. The van der Waals surface area contributed by atoms with Gasteiger partial charge in [-0.3, -0.25) is 4.79 Å². The minimum absolute atomic E-state index is 0.0287. The van der Waals surface area contributed by atoms with Crippen molar-refractivity contribution >= 4 is 5.97 Å². The van der Waals surface area contributed by atoms with Crippen LogP contribution in [-0.4, -0.2) is 36.6 Å². The number of nitrogens with zero attached hydrogens (tertiary/aromatic N) is 1. The second kappa shape index (κ2) is 6.59. The minimum atomic E-state index is -0.0287. The van der Waals surface area contributed by atoms with Crippen LogP contribution in [0, 0.1) is 34.5 Å². The summed E-state index contributed by atoms with van der Waals surface area (Å²) in [6.45, 7) is 8.27. The van der Waals surface area contributed by atoms with Crippen molar-refractivity contribution in [2.75, 3.05) is 13.6 Å². The first-order valence-corrected chi connectivity index (χ1v) is 12.0.